The summed E-state index contributed by atoms with van der Waals surface area (Å²) >= 11 is 0. The van der Waals surface area contributed by atoms with Crippen molar-refractivity contribution in [2.75, 3.05) is 7.11 Å². The third kappa shape index (κ3) is 3.93. The maximum Gasteiger partial charge on any atom is 0.343 e. The predicted octanol–water partition coefficient (Wildman–Crippen LogP) is 4.90. The summed E-state index contributed by atoms with van der Waals surface area (Å²) in [7, 11) is 1.57. The summed E-state index contributed by atoms with van der Waals surface area (Å²) in [6, 6.07) is 16.7. The highest BCUT2D eigenvalue weighted by atomic mass is 16.6. The predicted molar refractivity (Wildman–Crippen MR) is 117 cm³/mol. The Morgan fingerprint density at radius 2 is 1.62 bits per heavy atom. The van der Waals surface area contributed by atoms with Crippen LogP contribution in [0.1, 0.15) is 16.1 Å². The zero-order chi connectivity index (χ0) is 22.8. The number of fused-ring (bicyclic) bond motifs is 1. The number of non-ortho nitro benzene ring substituents is 1. The number of carbonyl (C=O) groups is 1. The van der Waals surface area contributed by atoms with Crippen LogP contribution in [0.5, 0.6) is 11.5 Å². The van der Waals surface area contributed by atoms with Crippen LogP contribution in [0.2, 0.25) is 0 Å². The number of nitrogens with zero attached hydrogens (tertiary/aromatic N) is 1. The van der Waals surface area contributed by atoms with Crippen molar-refractivity contribution in [3.8, 4) is 22.6 Å². The van der Waals surface area contributed by atoms with Crippen molar-refractivity contribution in [1.82, 2.24) is 0 Å². The molecule has 0 atom stereocenters. The molecule has 32 heavy (non-hydrogen) atoms. The molecule has 0 aliphatic carbocycles. The number of methoxy groups -OCH3 is 1. The monoisotopic (exact) mass is 431 g/mol. The summed E-state index contributed by atoms with van der Waals surface area (Å²) in [5, 5.41) is 11.1. The van der Waals surface area contributed by atoms with E-state index in [0.717, 1.165) is 0 Å². The Kier molecular flexibility index (Phi) is 5.43. The number of hydrogen-bond acceptors (Lipinski definition) is 7. The summed E-state index contributed by atoms with van der Waals surface area (Å²) in [5.41, 5.74) is 1.24. The van der Waals surface area contributed by atoms with Crippen molar-refractivity contribution in [1.29, 1.82) is 0 Å². The zero-order valence-corrected chi connectivity index (χ0v) is 17.2. The third-order valence-electron chi connectivity index (χ3n) is 4.94. The fourth-order valence-electron chi connectivity index (χ4n) is 3.33. The summed E-state index contributed by atoms with van der Waals surface area (Å²) < 4.78 is 16.4. The molecule has 4 rings (SSSR count). The SMILES string of the molecule is COc1ccc(-c2c(C)oc3cc(OC(=O)c4ccc([N+](=O)[O-])cc4)ccc3c2=O)cc1. The van der Waals surface area contributed by atoms with Gasteiger partial charge in [-0.3, -0.25) is 14.9 Å². The van der Waals surface area contributed by atoms with E-state index in [1.807, 2.05) is 0 Å². The van der Waals surface area contributed by atoms with Gasteiger partial charge in [0.2, 0.25) is 5.43 Å². The van der Waals surface area contributed by atoms with Gasteiger partial charge in [0, 0.05) is 18.2 Å². The van der Waals surface area contributed by atoms with Crippen molar-refractivity contribution < 1.29 is 23.6 Å². The first-order valence-corrected chi connectivity index (χ1v) is 9.56. The van der Waals surface area contributed by atoms with Crippen LogP contribution < -0.4 is 14.9 Å². The van der Waals surface area contributed by atoms with Gasteiger partial charge < -0.3 is 13.9 Å². The first-order chi connectivity index (χ1) is 15.4. The molecule has 160 valence electrons. The number of nitro groups is 1. The van der Waals surface area contributed by atoms with Gasteiger partial charge in [-0.15, -0.1) is 0 Å². The van der Waals surface area contributed by atoms with Gasteiger partial charge in [-0.1, -0.05) is 12.1 Å². The van der Waals surface area contributed by atoms with Gasteiger partial charge in [0.25, 0.3) is 5.69 Å². The van der Waals surface area contributed by atoms with Crippen LogP contribution in [-0.4, -0.2) is 18.0 Å². The molecule has 1 heterocycles. The van der Waals surface area contributed by atoms with E-state index in [0.29, 0.717) is 28.0 Å². The lowest BCUT2D eigenvalue weighted by Gasteiger charge is -2.09. The Labute approximate surface area is 181 Å². The lowest BCUT2D eigenvalue weighted by molar-refractivity contribution is -0.384. The number of nitro benzene ring substituents is 1. The maximum atomic E-state index is 13.1. The van der Waals surface area contributed by atoms with Crippen LogP contribution in [-0.2, 0) is 0 Å². The number of esters is 1. The lowest BCUT2D eigenvalue weighted by atomic mass is 10.0. The molecule has 0 saturated heterocycles. The zero-order valence-electron chi connectivity index (χ0n) is 17.2. The van der Waals surface area contributed by atoms with E-state index < -0.39 is 10.9 Å². The second kappa shape index (κ2) is 8.35. The van der Waals surface area contributed by atoms with Gasteiger partial charge in [0.05, 0.1) is 28.5 Å². The van der Waals surface area contributed by atoms with E-state index in [9.17, 15) is 19.7 Å². The van der Waals surface area contributed by atoms with Gasteiger partial charge in [0.1, 0.15) is 22.8 Å². The van der Waals surface area contributed by atoms with E-state index in [2.05, 4.69) is 0 Å². The van der Waals surface area contributed by atoms with Crippen LogP contribution in [0.4, 0.5) is 5.69 Å². The number of benzene rings is 3. The van der Waals surface area contributed by atoms with Crippen molar-refractivity contribution >= 4 is 22.6 Å². The molecule has 0 saturated carbocycles. The van der Waals surface area contributed by atoms with E-state index in [1.165, 1.54) is 42.5 Å². The first-order valence-electron chi connectivity index (χ1n) is 9.56. The lowest BCUT2D eigenvalue weighted by Crippen LogP contribution is -2.10. The van der Waals surface area contributed by atoms with Crippen LogP contribution in [0, 0.1) is 17.0 Å². The normalized spacial score (nSPS) is 10.7. The summed E-state index contributed by atoms with van der Waals surface area (Å²) in [6.45, 7) is 1.69. The molecule has 0 radical (unpaired) electrons. The molecule has 0 fully saturated rings. The molecule has 0 aliphatic heterocycles. The molecule has 3 aromatic carbocycles. The molecule has 8 heteroatoms. The Morgan fingerprint density at radius 3 is 2.25 bits per heavy atom. The second-order valence-corrected chi connectivity index (χ2v) is 6.94. The highest BCUT2D eigenvalue weighted by molar-refractivity contribution is 5.92. The number of aryl methyl sites for hydroxylation is 1. The largest absolute Gasteiger partial charge is 0.497 e. The molecule has 0 aliphatic rings. The highest BCUT2D eigenvalue weighted by Gasteiger charge is 2.16. The molecular weight excluding hydrogens is 414 g/mol. The number of hydrogen-bond donors (Lipinski definition) is 0. The topological polar surface area (TPSA) is 109 Å². The summed E-state index contributed by atoms with van der Waals surface area (Å²) in [5.74, 6) is 0.594. The number of ether oxygens (including phenoxy) is 2. The number of carbonyl (C=O) groups excluding carboxylic acids is 1. The smallest absolute Gasteiger partial charge is 0.343 e. The van der Waals surface area contributed by atoms with Gasteiger partial charge in [-0.25, -0.2) is 4.79 Å². The van der Waals surface area contributed by atoms with Crippen LogP contribution >= 0.6 is 0 Å². The Hall–Kier alpha value is -4.46. The fraction of sp³-hybridized carbons (Fsp3) is 0.0833. The van der Waals surface area contributed by atoms with Gasteiger partial charge in [-0.2, -0.15) is 0 Å². The minimum Gasteiger partial charge on any atom is -0.497 e. The molecular formula is C24H17NO7. The van der Waals surface area contributed by atoms with E-state index in [4.69, 9.17) is 13.9 Å². The summed E-state index contributed by atoms with van der Waals surface area (Å²) in [6.07, 6.45) is 0. The Morgan fingerprint density at radius 1 is 0.969 bits per heavy atom. The standard InChI is InChI=1S/C24H17NO7/c1-14-22(15-5-9-18(30-2)10-6-15)23(26)20-12-11-19(13-21(20)31-14)32-24(27)16-3-7-17(8-4-16)25(28)29/h3-13H,1-2H3. The van der Waals surface area contributed by atoms with Crippen molar-refractivity contribution in [2.45, 2.75) is 6.92 Å². The van der Waals surface area contributed by atoms with Gasteiger partial charge >= 0.3 is 5.97 Å². The molecule has 0 N–H and O–H groups in total. The van der Waals surface area contributed by atoms with Crippen molar-refractivity contribution in [3.05, 3.63) is 98.4 Å². The maximum absolute atomic E-state index is 13.1. The molecule has 0 amide bonds. The average Bonchev–Trinajstić information content (AvgIpc) is 2.79. The van der Waals surface area contributed by atoms with Gasteiger partial charge in [-0.05, 0) is 48.9 Å². The van der Waals surface area contributed by atoms with E-state index in [1.54, 1.807) is 38.3 Å². The van der Waals surface area contributed by atoms with Crippen molar-refractivity contribution in [3.63, 3.8) is 0 Å². The van der Waals surface area contributed by atoms with Gasteiger partial charge in [0.15, 0.2) is 0 Å². The molecule has 0 spiro atoms. The minimum absolute atomic E-state index is 0.128. The van der Waals surface area contributed by atoms with Crippen LogP contribution in [0.3, 0.4) is 0 Å². The molecule has 1 aromatic heterocycles. The summed E-state index contributed by atoms with van der Waals surface area (Å²) in [4.78, 5) is 35.6. The van der Waals surface area contributed by atoms with Crippen molar-refractivity contribution in [2.24, 2.45) is 0 Å². The quantitative estimate of drug-likeness (QED) is 0.191. The molecule has 0 bridgehead atoms. The third-order valence-corrected chi connectivity index (χ3v) is 4.94. The minimum atomic E-state index is -0.687. The van der Waals surface area contributed by atoms with E-state index in [-0.39, 0.29) is 28.0 Å². The Bertz CT molecular complexity index is 1390. The number of rotatable bonds is 5. The Balaban J connectivity index is 1.65. The molecule has 8 nitrogen and oxygen atoms in total. The second-order valence-electron chi connectivity index (χ2n) is 6.94. The first kappa shape index (κ1) is 20.8. The van der Waals surface area contributed by atoms with E-state index >= 15 is 0 Å². The molecule has 4 aromatic rings. The fourth-order valence-corrected chi connectivity index (χ4v) is 3.33. The van der Waals surface area contributed by atoms with Crippen LogP contribution in [0.25, 0.3) is 22.1 Å². The van der Waals surface area contributed by atoms with Crippen LogP contribution in [0.15, 0.2) is 75.9 Å². The highest BCUT2D eigenvalue weighted by Crippen LogP contribution is 2.28. The molecule has 0 unspecified atom stereocenters. The average molecular weight is 431 g/mol.